The first-order valence-corrected chi connectivity index (χ1v) is 5.01. The van der Waals surface area contributed by atoms with Crippen LogP contribution in [0.5, 0.6) is 5.75 Å². The Kier molecular flexibility index (Phi) is 3.23. The maximum atomic E-state index is 11.6. The second-order valence-electron chi connectivity index (χ2n) is 2.85. The minimum absolute atomic E-state index is 0.162. The van der Waals surface area contributed by atoms with Gasteiger partial charge in [0, 0.05) is 14.1 Å². The van der Waals surface area contributed by atoms with E-state index in [2.05, 4.69) is 0 Å². The fourth-order valence-electron chi connectivity index (χ4n) is 0.949. The summed E-state index contributed by atoms with van der Waals surface area (Å²) >= 11 is 6.93. The van der Waals surface area contributed by atoms with E-state index in [1.807, 2.05) is 0 Å². The zero-order chi connectivity index (χ0) is 10.9. The van der Waals surface area contributed by atoms with Crippen molar-refractivity contribution >= 4 is 34.5 Å². The van der Waals surface area contributed by atoms with Crippen molar-refractivity contribution in [1.29, 1.82) is 0 Å². The van der Waals surface area contributed by atoms with Crippen molar-refractivity contribution in [1.82, 2.24) is 4.90 Å². The molecule has 0 unspecified atom stereocenters. The standard InChI is InChI=1S/C8H11ClN2O2S/c1-11(2)8(12)6-5(13-3)4(10)7(9)14-6/h10H2,1-3H3. The molecule has 1 rings (SSSR count). The van der Waals surface area contributed by atoms with Crippen molar-refractivity contribution < 1.29 is 9.53 Å². The fourth-order valence-corrected chi connectivity index (χ4v) is 2.20. The third-order valence-electron chi connectivity index (χ3n) is 1.66. The van der Waals surface area contributed by atoms with E-state index in [9.17, 15) is 4.79 Å². The largest absolute Gasteiger partial charge is 0.493 e. The molecule has 0 aliphatic rings. The number of nitrogens with zero attached hydrogens (tertiary/aromatic N) is 1. The minimum Gasteiger partial charge on any atom is -0.493 e. The lowest BCUT2D eigenvalue weighted by Gasteiger charge is -2.09. The molecule has 0 saturated heterocycles. The summed E-state index contributed by atoms with van der Waals surface area (Å²) in [4.78, 5) is 13.5. The van der Waals surface area contributed by atoms with Crippen LogP contribution in [0.1, 0.15) is 9.67 Å². The molecule has 0 radical (unpaired) electrons. The van der Waals surface area contributed by atoms with Gasteiger partial charge in [-0.1, -0.05) is 11.6 Å². The van der Waals surface area contributed by atoms with Crippen LogP contribution >= 0.6 is 22.9 Å². The summed E-state index contributed by atoms with van der Waals surface area (Å²) in [5.41, 5.74) is 5.96. The smallest absolute Gasteiger partial charge is 0.267 e. The second-order valence-corrected chi connectivity index (χ2v) is 4.47. The van der Waals surface area contributed by atoms with Crippen LogP contribution in [0.15, 0.2) is 0 Å². The van der Waals surface area contributed by atoms with Crippen molar-refractivity contribution in [2.45, 2.75) is 0 Å². The molecule has 0 spiro atoms. The first-order chi connectivity index (χ1) is 6.49. The van der Waals surface area contributed by atoms with Crippen molar-refractivity contribution in [2.75, 3.05) is 26.9 Å². The van der Waals surface area contributed by atoms with E-state index >= 15 is 0 Å². The number of anilines is 1. The van der Waals surface area contributed by atoms with E-state index in [1.165, 1.54) is 12.0 Å². The number of methoxy groups -OCH3 is 1. The molecular formula is C8H11ClN2O2S. The summed E-state index contributed by atoms with van der Waals surface area (Å²) in [6.45, 7) is 0. The SMILES string of the molecule is COc1c(C(=O)N(C)C)sc(Cl)c1N. The molecule has 1 aromatic rings. The van der Waals surface area contributed by atoms with E-state index in [1.54, 1.807) is 14.1 Å². The van der Waals surface area contributed by atoms with Crippen LogP contribution in [-0.2, 0) is 0 Å². The van der Waals surface area contributed by atoms with Crippen LogP contribution < -0.4 is 10.5 Å². The average Bonchev–Trinajstić information content (AvgIpc) is 2.41. The lowest BCUT2D eigenvalue weighted by molar-refractivity contribution is 0.0829. The average molecular weight is 235 g/mol. The molecule has 0 aliphatic heterocycles. The molecule has 2 N–H and O–H groups in total. The Bertz CT molecular complexity index is 362. The van der Waals surface area contributed by atoms with Crippen LogP contribution in [0.3, 0.4) is 0 Å². The molecular weight excluding hydrogens is 224 g/mol. The van der Waals surface area contributed by atoms with Gasteiger partial charge in [-0.25, -0.2) is 0 Å². The molecule has 0 fully saturated rings. The normalized spacial score (nSPS) is 10.0. The summed E-state index contributed by atoms with van der Waals surface area (Å²) in [7, 11) is 4.78. The summed E-state index contributed by atoms with van der Waals surface area (Å²) in [5, 5.41) is 0. The van der Waals surface area contributed by atoms with E-state index < -0.39 is 0 Å². The Hall–Kier alpha value is -0.940. The Labute approximate surface area is 91.2 Å². The number of amides is 1. The minimum atomic E-state index is -0.162. The molecule has 0 aromatic carbocycles. The highest BCUT2D eigenvalue weighted by atomic mass is 35.5. The molecule has 1 aromatic heterocycles. The molecule has 0 bridgehead atoms. The maximum Gasteiger partial charge on any atom is 0.267 e. The summed E-state index contributed by atoms with van der Waals surface area (Å²) in [6, 6.07) is 0. The van der Waals surface area contributed by atoms with Crippen molar-refractivity contribution in [3.63, 3.8) is 0 Å². The van der Waals surface area contributed by atoms with Gasteiger partial charge in [0.05, 0.1) is 7.11 Å². The highest BCUT2D eigenvalue weighted by Crippen LogP contribution is 2.41. The molecule has 4 nitrogen and oxygen atoms in total. The first kappa shape index (κ1) is 11.1. The predicted octanol–water partition coefficient (Wildman–Crippen LogP) is 1.69. The summed E-state index contributed by atoms with van der Waals surface area (Å²) in [6.07, 6.45) is 0. The molecule has 1 amide bonds. The molecule has 14 heavy (non-hydrogen) atoms. The van der Waals surface area contributed by atoms with Crippen LogP contribution in [0.2, 0.25) is 4.34 Å². The van der Waals surface area contributed by atoms with Gasteiger partial charge in [-0.2, -0.15) is 0 Å². The highest BCUT2D eigenvalue weighted by Gasteiger charge is 2.22. The van der Waals surface area contributed by atoms with Gasteiger partial charge in [-0.05, 0) is 0 Å². The van der Waals surface area contributed by atoms with E-state index in [0.29, 0.717) is 20.7 Å². The monoisotopic (exact) mass is 234 g/mol. The number of rotatable bonds is 2. The number of carbonyl (C=O) groups is 1. The summed E-state index contributed by atoms with van der Waals surface area (Å²) < 4.78 is 5.40. The van der Waals surface area contributed by atoms with Gasteiger partial charge in [0.15, 0.2) is 5.75 Å². The number of ether oxygens (including phenoxy) is 1. The topological polar surface area (TPSA) is 55.6 Å². The zero-order valence-corrected chi connectivity index (χ0v) is 9.70. The first-order valence-electron chi connectivity index (χ1n) is 3.82. The number of nitrogens with two attached hydrogens (primary N) is 1. The molecule has 78 valence electrons. The third-order valence-corrected chi connectivity index (χ3v) is 3.06. The van der Waals surface area contributed by atoms with Gasteiger partial charge in [0.1, 0.15) is 14.9 Å². The summed E-state index contributed by atoms with van der Waals surface area (Å²) in [5.74, 6) is 0.198. The van der Waals surface area contributed by atoms with E-state index in [0.717, 1.165) is 11.3 Å². The number of thiophene rings is 1. The highest BCUT2D eigenvalue weighted by molar-refractivity contribution is 7.19. The molecule has 0 atom stereocenters. The van der Waals surface area contributed by atoms with Gasteiger partial charge in [0.25, 0.3) is 5.91 Å². The predicted molar refractivity (Wildman–Crippen MR) is 58.3 cm³/mol. The van der Waals surface area contributed by atoms with Gasteiger partial charge in [0.2, 0.25) is 0 Å². The molecule has 6 heteroatoms. The van der Waals surface area contributed by atoms with E-state index in [-0.39, 0.29) is 5.91 Å². The third kappa shape index (κ3) is 1.78. The van der Waals surface area contributed by atoms with Crippen molar-refractivity contribution in [3.05, 3.63) is 9.21 Å². The Morgan fingerprint density at radius 3 is 2.57 bits per heavy atom. The quantitative estimate of drug-likeness (QED) is 0.848. The van der Waals surface area contributed by atoms with Crippen LogP contribution in [0.25, 0.3) is 0 Å². The Morgan fingerprint density at radius 1 is 1.57 bits per heavy atom. The molecule has 1 heterocycles. The van der Waals surface area contributed by atoms with Crippen LogP contribution in [-0.4, -0.2) is 32.0 Å². The number of hydrogen-bond acceptors (Lipinski definition) is 4. The fraction of sp³-hybridized carbons (Fsp3) is 0.375. The lowest BCUT2D eigenvalue weighted by atomic mass is 10.3. The number of carbonyl (C=O) groups excluding carboxylic acids is 1. The number of halogens is 1. The maximum absolute atomic E-state index is 11.6. The van der Waals surface area contributed by atoms with Gasteiger partial charge in [-0.15, -0.1) is 11.3 Å². The second kappa shape index (κ2) is 4.06. The Morgan fingerprint density at radius 2 is 2.14 bits per heavy atom. The number of nitrogen functional groups attached to an aromatic ring is 1. The van der Waals surface area contributed by atoms with Gasteiger partial charge in [-0.3, -0.25) is 4.79 Å². The number of hydrogen-bond donors (Lipinski definition) is 1. The van der Waals surface area contributed by atoms with Gasteiger partial charge >= 0.3 is 0 Å². The zero-order valence-electron chi connectivity index (χ0n) is 8.13. The van der Waals surface area contributed by atoms with Crippen molar-refractivity contribution in [3.8, 4) is 5.75 Å². The van der Waals surface area contributed by atoms with Gasteiger partial charge < -0.3 is 15.4 Å². The van der Waals surface area contributed by atoms with Crippen LogP contribution in [0, 0.1) is 0 Å². The Balaban J connectivity index is 3.21. The molecule has 0 aliphatic carbocycles. The van der Waals surface area contributed by atoms with E-state index in [4.69, 9.17) is 22.1 Å². The molecule has 0 saturated carbocycles. The lowest BCUT2D eigenvalue weighted by Crippen LogP contribution is -2.21. The van der Waals surface area contributed by atoms with Crippen LogP contribution in [0.4, 0.5) is 5.69 Å². The van der Waals surface area contributed by atoms with Crippen molar-refractivity contribution in [2.24, 2.45) is 0 Å².